The van der Waals surface area contributed by atoms with Gasteiger partial charge in [-0.1, -0.05) is 45.4 Å². The molecule has 0 aliphatic carbocycles. The van der Waals surface area contributed by atoms with Crippen molar-refractivity contribution in [3.05, 3.63) is 46.4 Å². The number of nitrogens with one attached hydrogen (secondary N) is 1. The molecule has 0 fully saturated rings. The van der Waals surface area contributed by atoms with Crippen molar-refractivity contribution in [2.24, 2.45) is 0 Å². The highest BCUT2D eigenvalue weighted by Crippen LogP contribution is 2.10. The van der Waals surface area contributed by atoms with Crippen LogP contribution in [0.4, 0.5) is 0 Å². The fourth-order valence-electron chi connectivity index (χ4n) is 1.31. The van der Waals surface area contributed by atoms with Crippen LogP contribution in [-0.4, -0.2) is 4.98 Å². The Hall–Kier alpha value is -1.57. The maximum absolute atomic E-state index is 11.2. The molecule has 1 heterocycles. The molecule has 2 aromatic rings. The van der Waals surface area contributed by atoms with Crippen LogP contribution in [0, 0.1) is 6.92 Å². The number of hydrogen-bond donors (Lipinski definition) is 1. The average molecular weight is 219 g/mol. The second kappa shape index (κ2) is 7.69. The fraction of sp³-hybridized carbons (Fsp3) is 0.357. The van der Waals surface area contributed by atoms with Crippen LogP contribution >= 0.6 is 0 Å². The van der Waals surface area contributed by atoms with Gasteiger partial charge in [0, 0.05) is 11.6 Å². The Kier molecular flexibility index (Phi) is 6.93. The number of benzene rings is 1. The second-order valence-electron chi connectivity index (χ2n) is 2.90. The van der Waals surface area contributed by atoms with Crippen molar-refractivity contribution in [1.29, 1.82) is 0 Å². The van der Waals surface area contributed by atoms with Crippen molar-refractivity contribution in [3.63, 3.8) is 0 Å². The number of aryl methyl sites for hydroxylation is 1. The standard InChI is InChI=1S/C10H9NO.2C2H6/c1-7-2-3-9-8(6-7)4-5-11-10(9)12;2*1-2/h2-6H,1H3,(H,11,12);2*1-2H3. The first-order valence-corrected chi connectivity index (χ1v) is 5.85. The Bertz CT molecular complexity index is 471. The molecule has 88 valence electrons. The van der Waals surface area contributed by atoms with Gasteiger partial charge >= 0.3 is 0 Å². The first-order chi connectivity index (χ1) is 7.77. The molecular formula is C14H21NO. The third kappa shape index (κ3) is 3.54. The molecule has 1 aromatic carbocycles. The molecule has 0 radical (unpaired) electrons. The Morgan fingerprint density at radius 1 is 1.00 bits per heavy atom. The number of rotatable bonds is 0. The summed E-state index contributed by atoms with van der Waals surface area (Å²) in [4.78, 5) is 13.9. The molecule has 0 aliphatic rings. The van der Waals surface area contributed by atoms with E-state index in [0.717, 1.165) is 10.8 Å². The Labute approximate surface area is 97.3 Å². The second-order valence-corrected chi connectivity index (χ2v) is 2.90. The van der Waals surface area contributed by atoms with Gasteiger partial charge in [0.2, 0.25) is 0 Å². The van der Waals surface area contributed by atoms with Gasteiger partial charge in [0.25, 0.3) is 5.56 Å². The van der Waals surface area contributed by atoms with E-state index in [-0.39, 0.29) is 5.56 Å². The zero-order chi connectivity index (χ0) is 12.6. The van der Waals surface area contributed by atoms with E-state index >= 15 is 0 Å². The van der Waals surface area contributed by atoms with Crippen LogP contribution in [-0.2, 0) is 0 Å². The van der Waals surface area contributed by atoms with Crippen LogP contribution in [0.2, 0.25) is 0 Å². The lowest BCUT2D eigenvalue weighted by atomic mass is 10.1. The molecule has 0 atom stereocenters. The number of H-pyrrole nitrogens is 1. The lowest BCUT2D eigenvalue weighted by Gasteiger charge is -1.96. The van der Waals surface area contributed by atoms with Crippen molar-refractivity contribution in [3.8, 4) is 0 Å². The van der Waals surface area contributed by atoms with E-state index in [1.165, 1.54) is 5.56 Å². The first kappa shape index (κ1) is 14.4. The van der Waals surface area contributed by atoms with Crippen LogP contribution in [0.1, 0.15) is 33.3 Å². The molecule has 0 spiro atoms. The predicted octanol–water partition coefficient (Wildman–Crippen LogP) is 3.89. The summed E-state index contributed by atoms with van der Waals surface area (Å²) in [6.45, 7) is 10.0. The minimum Gasteiger partial charge on any atom is -0.329 e. The summed E-state index contributed by atoms with van der Waals surface area (Å²) in [7, 11) is 0. The smallest absolute Gasteiger partial charge is 0.255 e. The minimum atomic E-state index is -0.0208. The summed E-state index contributed by atoms with van der Waals surface area (Å²) in [6, 6.07) is 7.70. The van der Waals surface area contributed by atoms with Crippen molar-refractivity contribution in [2.45, 2.75) is 34.6 Å². The van der Waals surface area contributed by atoms with E-state index in [1.807, 2.05) is 58.9 Å². The Morgan fingerprint density at radius 2 is 1.62 bits per heavy atom. The predicted molar refractivity (Wildman–Crippen MR) is 72.0 cm³/mol. The summed E-state index contributed by atoms with van der Waals surface area (Å²) in [5.74, 6) is 0. The largest absolute Gasteiger partial charge is 0.329 e. The van der Waals surface area contributed by atoms with E-state index in [0.29, 0.717) is 0 Å². The minimum absolute atomic E-state index is 0.0208. The lowest BCUT2D eigenvalue weighted by molar-refractivity contribution is 1.27. The summed E-state index contributed by atoms with van der Waals surface area (Å²) in [6.07, 6.45) is 1.67. The number of aromatic nitrogens is 1. The molecule has 0 amide bonds. The van der Waals surface area contributed by atoms with Gasteiger partial charge in [0.05, 0.1) is 0 Å². The van der Waals surface area contributed by atoms with E-state index in [4.69, 9.17) is 0 Å². The third-order valence-electron chi connectivity index (χ3n) is 1.93. The van der Waals surface area contributed by atoms with Gasteiger partial charge in [0.15, 0.2) is 0 Å². The highest BCUT2D eigenvalue weighted by atomic mass is 16.1. The lowest BCUT2D eigenvalue weighted by Crippen LogP contribution is -2.03. The van der Waals surface area contributed by atoms with Gasteiger partial charge < -0.3 is 4.98 Å². The van der Waals surface area contributed by atoms with Crippen molar-refractivity contribution >= 4 is 10.8 Å². The van der Waals surface area contributed by atoms with Gasteiger partial charge in [-0.15, -0.1) is 0 Å². The zero-order valence-corrected chi connectivity index (χ0v) is 10.8. The molecule has 2 rings (SSSR count). The van der Waals surface area contributed by atoms with E-state index < -0.39 is 0 Å². The van der Waals surface area contributed by atoms with Gasteiger partial charge in [-0.05, 0) is 24.4 Å². The normalized spacial score (nSPS) is 8.56. The molecule has 0 saturated carbocycles. The van der Waals surface area contributed by atoms with Crippen LogP contribution in [0.15, 0.2) is 35.3 Å². The van der Waals surface area contributed by atoms with Crippen molar-refractivity contribution in [2.75, 3.05) is 0 Å². The average Bonchev–Trinajstić information content (AvgIpc) is 2.34. The Balaban J connectivity index is 0.000000509. The highest BCUT2D eigenvalue weighted by Gasteiger charge is 1.95. The molecule has 0 saturated heterocycles. The summed E-state index contributed by atoms with van der Waals surface area (Å²) >= 11 is 0. The van der Waals surface area contributed by atoms with E-state index in [9.17, 15) is 4.79 Å². The van der Waals surface area contributed by atoms with E-state index in [2.05, 4.69) is 4.98 Å². The number of pyridine rings is 1. The third-order valence-corrected chi connectivity index (χ3v) is 1.93. The van der Waals surface area contributed by atoms with Crippen LogP contribution in [0.3, 0.4) is 0 Å². The maximum Gasteiger partial charge on any atom is 0.255 e. The molecule has 16 heavy (non-hydrogen) atoms. The van der Waals surface area contributed by atoms with Crippen LogP contribution < -0.4 is 5.56 Å². The zero-order valence-electron chi connectivity index (χ0n) is 10.8. The SMILES string of the molecule is CC.CC.Cc1ccc2c(=O)[nH]ccc2c1. The van der Waals surface area contributed by atoms with Crippen molar-refractivity contribution < 1.29 is 0 Å². The first-order valence-electron chi connectivity index (χ1n) is 5.85. The fourth-order valence-corrected chi connectivity index (χ4v) is 1.31. The highest BCUT2D eigenvalue weighted by molar-refractivity contribution is 5.81. The molecule has 0 bridgehead atoms. The van der Waals surface area contributed by atoms with Crippen LogP contribution in [0.25, 0.3) is 10.8 Å². The molecule has 0 unspecified atom stereocenters. The number of aromatic amines is 1. The summed E-state index contributed by atoms with van der Waals surface area (Å²) in [5, 5.41) is 1.75. The topological polar surface area (TPSA) is 32.9 Å². The summed E-state index contributed by atoms with van der Waals surface area (Å²) in [5.41, 5.74) is 1.15. The number of hydrogen-bond acceptors (Lipinski definition) is 1. The van der Waals surface area contributed by atoms with Crippen molar-refractivity contribution in [1.82, 2.24) is 4.98 Å². The van der Waals surface area contributed by atoms with Gasteiger partial charge in [0.1, 0.15) is 0 Å². The molecule has 2 heteroatoms. The maximum atomic E-state index is 11.2. The molecule has 2 nitrogen and oxygen atoms in total. The molecule has 1 aromatic heterocycles. The Morgan fingerprint density at radius 3 is 2.25 bits per heavy atom. The van der Waals surface area contributed by atoms with Crippen LogP contribution in [0.5, 0.6) is 0 Å². The van der Waals surface area contributed by atoms with Gasteiger partial charge in [-0.2, -0.15) is 0 Å². The number of fused-ring (bicyclic) bond motifs is 1. The molecule has 1 N–H and O–H groups in total. The van der Waals surface area contributed by atoms with Gasteiger partial charge in [-0.3, -0.25) is 4.79 Å². The van der Waals surface area contributed by atoms with Gasteiger partial charge in [-0.25, -0.2) is 0 Å². The molecular weight excluding hydrogens is 198 g/mol. The summed E-state index contributed by atoms with van der Waals surface area (Å²) < 4.78 is 0. The quantitative estimate of drug-likeness (QED) is 0.716. The monoisotopic (exact) mass is 219 g/mol. The molecule has 0 aliphatic heterocycles. The van der Waals surface area contributed by atoms with E-state index in [1.54, 1.807) is 6.20 Å².